The van der Waals surface area contributed by atoms with Crippen molar-refractivity contribution in [3.05, 3.63) is 70.4 Å². The second kappa shape index (κ2) is 8.92. The van der Waals surface area contributed by atoms with Crippen LogP contribution in [0.5, 0.6) is 0 Å². The molecule has 2 amide bonds. The maximum atomic E-state index is 12.5. The standard InChI is InChI=1S/C22H22ClN3O3/c1-4-26(5-2)22(28)17-11-10-16(12-18(17)23)24-21(27)20-13-19(25-29-20)15-8-6-14(3)7-9-15/h6-13H,4-5H2,1-3H3,(H,24,27). The van der Waals surface area contributed by atoms with Crippen molar-refractivity contribution in [2.45, 2.75) is 20.8 Å². The Kier molecular flexibility index (Phi) is 6.34. The van der Waals surface area contributed by atoms with Crippen molar-refractivity contribution in [3.63, 3.8) is 0 Å². The van der Waals surface area contributed by atoms with E-state index >= 15 is 0 Å². The van der Waals surface area contributed by atoms with Gasteiger partial charge in [0.15, 0.2) is 0 Å². The first-order valence-electron chi connectivity index (χ1n) is 9.36. The molecule has 3 rings (SSSR count). The zero-order chi connectivity index (χ0) is 21.0. The predicted octanol–water partition coefficient (Wildman–Crippen LogP) is 5.04. The number of carbonyl (C=O) groups is 2. The van der Waals surface area contributed by atoms with Crippen molar-refractivity contribution >= 4 is 29.1 Å². The van der Waals surface area contributed by atoms with Crippen molar-refractivity contribution < 1.29 is 14.1 Å². The van der Waals surface area contributed by atoms with E-state index in [1.807, 2.05) is 45.0 Å². The summed E-state index contributed by atoms with van der Waals surface area (Å²) in [5.74, 6) is -0.509. The molecule has 3 aromatic rings. The fourth-order valence-electron chi connectivity index (χ4n) is 2.88. The Balaban J connectivity index is 1.73. The van der Waals surface area contributed by atoms with Gasteiger partial charge >= 0.3 is 0 Å². The normalized spacial score (nSPS) is 10.6. The third-order valence-corrected chi connectivity index (χ3v) is 4.90. The number of carbonyl (C=O) groups excluding carboxylic acids is 2. The number of aryl methyl sites for hydroxylation is 1. The van der Waals surface area contributed by atoms with Crippen LogP contribution in [-0.2, 0) is 0 Å². The number of anilines is 1. The van der Waals surface area contributed by atoms with Crippen LogP contribution in [0.3, 0.4) is 0 Å². The number of amides is 2. The number of halogens is 1. The van der Waals surface area contributed by atoms with Crippen LogP contribution in [0.1, 0.15) is 40.3 Å². The molecule has 6 nitrogen and oxygen atoms in total. The molecule has 0 aliphatic carbocycles. The number of aromatic nitrogens is 1. The van der Waals surface area contributed by atoms with E-state index in [4.69, 9.17) is 16.1 Å². The van der Waals surface area contributed by atoms with Gasteiger partial charge in [-0.1, -0.05) is 46.6 Å². The van der Waals surface area contributed by atoms with Crippen molar-refractivity contribution in [1.29, 1.82) is 0 Å². The Morgan fingerprint density at radius 2 is 1.76 bits per heavy atom. The lowest BCUT2D eigenvalue weighted by Gasteiger charge is -2.19. The Hall–Kier alpha value is -3.12. The summed E-state index contributed by atoms with van der Waals surface area (Å²) in [6, 6.07) is 14.1. The molecule has 1 N–H and O–H groups in total. The highest BCUT2D eigenvalue weighted by atomic mass is 35.5. The van der Waals surface area contributed by atoms with Crippen molar-refractivity contribution in [1.82, 2.24) is 10.1 Å². The monoisotopic (exact) mass is 411 g/mol. The van der Waals surface area contributed by atoms with Gasteiger partial charge < -0.3 is 14.7 Å². The fraction of sp³-hybridized carbons (Fsp3) is 0.227. The number of rotatable bonds is 6. The highest BCUT2D eigenvalue weighted by Gasteiger charge is 2.18. The van der Waals surface area contributed by atoms with E-state index in [1.165, 1.54) is 0 Å². The summed E-state index contributed by atoms with van der Waals surface area (Å²) in [5.41, 5.74) is 3.43. The molecular formula is C22H22ClN3O3. The number of nitrogens with one attached hydrogen (secondary N) is 1. The van der Waals surface area contributed by atoms with Crippen LogP contribution >= 0.6 is 11.6 Å². The molecule has 0 spiro atoms. The quantitative estimate of drug-likeness (QED) is 0.616. The predicted molar refractivity (Wildman–Crippen MR) is 113 cm³/mol. The van der Waals surface area contributed by atoms with Crippen molar-refractivity contribution in [2.75, 3.05) is 18.4 Å². The molecule has 2 aromatic carbocycles. The number of benzene rings is 2. The van der Waals surface area contributed by atoms with Gasteiger partial charge in [-0.25, -0.2) is 0 Å². The molecule has 0 fully saturated rings. The molecule has 0 aliphatic heterocycles. The molecule has 0 saturated heterocycles. The van der Waals surface area contributed by atoms with Crippen molar-refractivity contribution in [2.24, 2.45) is 0 Å². The summed E-state index contributed by atoms with van der Waals surface area (Å²) in [4.78, 5) is 26.6. The van der Waals surface area contributed by atoms with Gasteiger partial charge in [0, 0.05) is 30.4 Å². The highest BCUT2D eigenvalue weighted by molar-refractivity contribution is 6.34. The van der Waals surface area contributed by atoms with Crippen LogP contribution in [0.4, 0.5) is 5.69 Å². The molecule has 0 radical (unpaired) electrons. The van der Waals surface area contributed by atoms with Crippen LogP contribution < -0.4 is 5.32 Å². The lowest BCUT2D eigenvalue weighted by molar-refractivity contribution is 0.0773. The number of hydrogen-bond acceptors (Lipinski definition) is 4. The van der Waals surface area contributed by atoms with Gasteiger partial charge in [-0.2, -0.15) is 0 Å². The lowest BCUT2D eigenvalue weighted by atomic mass is 10.1. The summed E-state index contributed by atoms with van der Waals surface area (Å²) in [6.45, 7) is 7.01. The molecular weight excluding hydrogens is 390 g/mol. The molecule has 1 heterocycles. The summed E-state index contributed by atoms with van der Waals surface area (Å²) < 4.78 is 5.18. The van der Waals surface area contributed by atoms with E-state index in [1.54, 1.807) is 29.2 Å². The van der Waals surface area contributed by atoms with Crippen LogP contribution in [0.15, 0.2) is 53.1 Å². The van der Waals surface area contributed by atoms with Crippen LogP contribution in [0.25, 0.3) is 11.3 Å². The molecule has 0 saturated carbocycles. The van der Waals surface area contributed by atoms with Gasteiger partial charge in [0.1, 0.15) is 5.69 Å². The molecule has 7 heteroatoms. The molecule has 0 bridgehead atoms. The second-order valence-corrected chi connectivity index (χ2v) is 6.98. The summed E-state index contributed by atoms with van der Waals surface area (Å²) >= 11 is 6.27. The summed E-state index contributed by atoms with van der Waals surface area (Å²) in [7, 11) is 0. The first-order valence-corrected chi connectivity index (χ1v) is 9.74. The van der Waals surface area contributed by atoms with Crippen molar-refractivity contribution in [3.8, 4) is 11.3 Å². The molecule has 0 unspecified atom stereocenters. The number of hydrogen-bond donors (Lipinski definition) is 1. The Morgan fingerprint density at radius 3 is 2.38 bits per heavy atom. The molecule has 29 heavy (non-hydrogen) atoms. The van der Waals surface area contributed by atoms with Gasteiger partial charge in [0.2, 0.25) is 5.76 Å². The smallest absolute Gasteiger partial charge is 0.294 e. The molecule has 150 valence electrons. The van der Waals surface area contributed by atoms with Crippen LogP contribution in [-0.4, -0.2) is 35.0 Å². The Labute approximate surface area is 174 Å². The van der Waals surface area contributed by atoms with E-state index < -0.39 is 5.91 Å². The average Bonchev–Trinajstić information content (AvgIpc) is 3.20. The first-order chi connectivity index (χ1) is 13.9. The zero-order valence-corrected chi connectivity index (χ0v) is 17.3. The van der Waals surface area contributed by atoms with Gasteiger partial charge in [0.25, 0.3) is 11.8 Å². The minimum atomic E-state index is -0.449. The summed E-state index contributed by atoms with van der Waals surface area (Å²) in [6.07, 6.45) is 0. The maximum absolute atomic E-state index is 12.5. The van der Waals surface area contributed by atoms with Gasteiger partial charge in [0.05, 0.1) is 10.6 Å². The minimum absolute atomic E-state index is 0.0833. The molecule has 1 aromatic heterocycles. The zero-order valence-electron chi connectivity index (χ0n) is 16.5. The largest absolute Gasteiger partial charge is 0.350 e. The van der Waals surface area contributed by atoms with E-state index in [0.717, 1.165) is 11.1 Å². The van der Waals surface area contributed by atoms with Gasteiger partial charge in [-0.15, -0.1) is 0 Å². The highest BCUT2D eigenvalue weighted by Crippen LogP contribution is 2.24. The molecule has 0 aliphatic rings. The fourth-order valence-corrected chi connectivity index (χ4v) is 3.14. The van der Waals surface area contributed by atoms with Crippen LogP contribution in [0, 0.1) is 6.92 Å². The first kappa shape index (κ1) is 20.6. The average molecular weight is 412 g/mol. The van der Waals surface area contributed by atoms with Gasteiger partial charge in [-0.05, 0) is 39.0 Å². The van der Waals surface area contributed by atoms with E-state index in [2.05, 4.69) is 10.5 Å². The summed E-state index contributed by atoms with van der Waals surface area (Å²) in [5, 5.41) is 6.95. The Morgan fingerprint density at radius 1 is 1.07 bits per heavy atom. The van der Waals surface area contributed by atoms with E-state index in [0.29, 0.717) is 30.0 Å². The minimum Gasteiger partial charge on any atom is -0.350 e. The third-order valence-electron chi connectivity index (χ3n) is 4.59. The second-order valence-electron chi connectivity index (χ2n) is 6.57. The maximum Gasteiger partial charge on any atom is 0.294 e. The van der Waals surface area contributed by atoms with Crippen LogP contribution in [0.2, 0.25) is 5.02 Å². The number of nitrogens with zero attached hydrogens (tertiary/aromatic N) is 2. The topological polar surface area (TPSA) is 75.4 Å². The Bertz CT molecular complexity index is 1020. The molecule has 0 atom stereocenters. The lowest BCUT2D eigenvalue weighted by Crippen LogP contribution is -2.30. The third kappa shape index (κ3) is 4.66. The van der Waals surface area contributed by atoms with E-state index in [9.17, 15) is 9.59 Å². The van der Waals surface area contributed by atoms with E-state index in [-0.39, 0.29) is 16.7 Å². The SMILES string of the molecule is CCN(CC)C(=O)c1ccc(NC(=O)c2cc(-c3ccc(C)cc3)no2)cc1Cl. The van der Waals surface area contributed by atoms with Gasteiger partial charge in [-0.3, -0.25) is 9.59 Å².